The average molecular weight is 253 g/mol. The van der Waals surface area contributed by atoms with E-state index in [1.54, 1.807) is 0 Å². The van der Waals surface area contributed by atoms with E-state index in [0.29, 0.717) is 5.92 Å². The average Bonchev–Trinajstić information content (AvgIpc) is 2.81. The lowest BCUT2D eigenvalue weighted by atomic mass is 10.0. The molecule has 19 heavy (non-hydrogen) atoms. The van der Waals surface area contributed by atoms with E-state index in [0.717, 1.165) is 11.4 Å². The fraction of sp³-hybridized carbons (Fsp3) is 0.294. The Bertz CT molecular complexity index is 587. The van der Waals surface area contributed by atoms with Gasteiger partial charge in [0.15, 0.2) is 6.23 Å². The summed E-state index contributed by atoms with van der Waals surface area (Å²) in [7, 11) is 0. The van der Waals surface area contributed by atoms with E-state index in [-0.39, 0.29) is 6.23 Å². The van der Waals surface area contributed by atoms with Crippen molar-refractivity contribution in [2.24, 2.45) is 0 Å². The molecule has 0 amide bonds. The van der Waals surface area contributed by atoms with E-state index in [4.69, 9.17) is 4.74 Å². The second-order valence-corrected chi connectivity index (χ2v) is 5.46. The molecular formula is C17H19NO. The van der Waals surface area contributed by atoms with Crippen LogP contribution < -0.4 is 10.1 Å². The number of anilines is 1. The van der Waals surface area contributed by atoms with Crippen LogP contribution in [0.3, 0.4) is 0 Å². The highest BCUT2D eigenvalue weighted by molar-refractivity contribution is 5.61. The van der Waals surface area contributed by atoms with Gasteiger partial charge in [0.25, 0.3) is 0 Å². The SMILES string of the molecule is Cc1ccc2c(c1)OC(c1ccc(C(C)C)cc1)N2. The molecule has 2 heteroatoms. The Kier molecular flexibility index (Phi) is 2.94. The van der Waals surface area contributed by atoms with Gasteiger partial charge in [-0.25, -0.2) is 0 Å². The highest BCUT2D eigenvalue weighted by Gasteiger charge is 2.23. The van der Waals surface area contributed by atoms with Gasteiger partial charge >= 0.3 is 0 Å². The number of rotatable bonds is 2. The molecule has 1 unspecified atom stereocenters. The summed E-state index contributed by atoms with van der Waals surface area (Å²) >= 11 is 0. The first-order valence-corrected chi connectivity index (χ1v) is 6.77. The molecule has 0 saturated heterocycles. The van der Waals surface area contributed by atoms with Gasteiger partial charge in [0.2, 0.25) is 0 Å². The number of hydrogen-bond acceptors (Lipinski definition) is 2. The van der Waals surface area contributed by atoms with Crippen molar-refractivity contribution in [3.8, 4) is 5.75 Å². The Labute approximate surface area is 114 Å². The zero-order chi connectivity index (χ0) is 13.4. The van der Waals surface area contributed by atoms with Gasteiger partial charge in [0.1, 0.15) is 5.75 Å². The molecular weight excluding hydrogens is 234 g/mol. The smallest absolute Gasteiger partial charge is 0.196 e. The molecule has 0 fully saturated rings. The van der Waals surface area contributed by atoms with E-state index in [9.17, 15) is 0 Å². The predicted octanol–water partition coefficient (Wildman–Crippen LogP) is 4.62. The van der Waals surface area contributed by atoms with Crippen LogP contribution in [-0.2, 0) is 0 Å². The van der Waals surface area contributed by atoms with Crippen LogP contribution in [0.4, 0.5) is 5.69 Å². The summed E-state index contributed by atoms with van der Waals surface area (Å²) in [5.41, 5.74) is 4.81. The van der Waals surface area contributed by atoms with Crippen molar-refractivity contribution in [1.29, 1.82) is 0 Å². The van der Waals surface area contributed by atoms with Crippen molar-refractivity contribution >= 4 is 5.69 Å². The number of aryl methyl sites for hydroxylation is 1. The number of benzene rings is 2. The lowest BCUT2D eigenvalue weighted by Crippen LogP contribution is -2.10. The fourth-order valence-corrected chi connectivity index (χ4v) is 2.35. The third-order valence-corrected chi connectivity index (χ3v) is 3.57. The summed E-state index contributed by atoms with van der Waals surface area (Å²) in [5.74, 6) is 1.50. The summed E-state index contributed by atoms with van der Waals surface area (Å²) in [5, 5.41) is 3.40. The van der Waals surface area contributed by atoms with Gasteiger partial charge in [-0.15, -0.1) is 0 Å². The summed E-state index contributed by atoms with van der Waals surface area (Å²) in [6.45, 7) is 6.49. The minimum absolute atomic E-state index is 0.0713. The van der Waals surface area contributed by atoms with E-state index in [2.05, 4.69) is 68.6 Å². The molecule has 2 aromatic carbocycles. The van der Waals surface area contributed by atoms with Gasteiger partial charge in [0, 0.05) is 5.56 Å². The van der Waals surface area contributed by atoms with Crippen LogP contribution in [0.5, 0.6) is 5.75 Å². The summed E-state index contributed by atoms with van der Waals surface area (Å²) < 4.78 is 5.96. The van der Waals surface area contributed by atoms with Crippen molar-refractivity contribution in [1.82, 2.24) is 0 Å². The normalized spacial score (nSPS) is 16.9. The quantitative estimate of drug-likeness (QED) is 0.843. The Morgan fingerprint density at radius 2 is 1.79 bits per heavy atom. The fourth-order valence-electron chi connectivity index (χ4n) is 2.35. The predicted molar refractivity (Wildman–Crippen MR) is 78.7 cm³/mol. The van der Waals surface area contributed by atoms with E-state index in [1.807, 2.05) is 0 Å². The molecule has 0 aromatic heterocycles. The van der Waals surface area contributed by atoms with Crippen LogP contribution in [0.15, 0.2) is 42.5 Å². The van der Waals surface area contributed by atoms with Crippen LogP contribution in [0.25, 0.3) is 0 Å². The van der Waals surface area contributed by atoms with Gasteiger partial charge in [0.05, 0.1) is 5.69 Å². The standard InChI is InChI=1S/C17H19NO/c1-11(2)13-5-7-14(8-6-13)17-18-15-9-4-12(3)10-16(15)19-17/h4-11,17-18H,1-3H3. The molecule has 0 spiro atoms. The molecule has 98 valence electrons. The number of nitrogens with one attached hydrogen (secondary N) is 1. The maximum absolute atomic E-state index is 5.96. The first kappa shape index (κ1) is 12.1. The lowest BCUT2D eigenvalue weighted by Gasteiger charge is -2.13. The van der Waals surface area contributed by atoms with E-state index >= 15 is 0 Å². The van der Waals surface area contributed by atoms with Crippen molar-refractivity contribution in [3.05, 3.63) is 59.2 Å². The Balaban J connectivity index is 1.82. The van der Waals surface area contributed by atoms with Crippen LogP contribution in [-0.4, -0.2) is 0 Å². The van der Waals surface area contributed by atoms with E-state index in [1.165, 1.54) is 16.7 Å². The van der Waals surface area contributed by atoms with Crippen molar-refractivity contribution in [2.75, 3.05) is 5.32 Å². The maximum atomic E-state index is 5.96. The summed E-state index contributed by atoms with van der Waals surface area (Å²) in [6.07, 6.45) is -0.0713. The third-order valence-electron chi connectivity index (χ3n) is 3.57. The van der Waals surface area contributed by atoms with Crippen LogP contribution in [0.2, 0.25) is 0 Å². The van der Waals surface area contributed by atoms with Crippen LogP contribution in [0, 0.1) is 6.92 Å². The first-order chi connectivity index (χ1) is 9.13. The van der Waals surface area contributed by atoms with Crippen LogP contribution in [0.1, 0.15) is 42.7 Å². The van der Waals surface area contributed by atoms with Gasteiger partial charge in [-0.2, -0.15) is 0 Å². The van der Waals surface area contributed by atoms with Crippen LogP contribution >= 0.6 is 0 Å². The lowest BCUT2D eigenvalue weighted by molar-refractivity contribution is 0.259. The molecule has 2 aromatic rings. The number of ether oxygens (including phenoxy) is 1. The maximum Gasteiger partial charge on any atom is 0.196 e. The number of fused-ring (bicyclic) bond motifs is 1. The molecule has 0 aliphatic carbocycles. The largest absolute Gasteiger partial charge is 0.464 e. The minimum atomic E-state index is -0.0713. The summed E-state index contributed by atoms with van der Waals surface area (Å²) in [4.78, 5) is 0. The topological polar surface area (TPSA) is 21.3 Å². The Morgan fingerprint density at radius 1 is 1.05 bits per heavy atom. The molecule has 0 saturated carbocycles. The molecule has 1 aliphatic heterocycles. The minimum Gasteiger partial charge on any atom is -0.464 e. The zero-order valence-corrected chi connectivity index (χ0v) is 11.6. The molecule has 0 bridgehead atoms. The van der Waals surface area contributed by atoms with Gasteiger partial charge < -0.3 is 10.1 Å². The second kappa shape index (κ2) is 4.61. The Morgan fingerprint density at radius 3 is 2.47 bits per heavy atom. The molecule has 1 N–H and O–H groups in total. The Hall–Kier alpha value is -1.96. The van der Waals surface area contributed by atoms with Gasteiger partial charge in [-0.1, -0.05) is 44.2 Å². The highest BCUT2D eigenvalue weighted by atomic mass is 16.5. The highest BCUT2D eigenvalue weighted by Crippen LogP contribution is 2.38. The monoisotopic (exact) mass is 253 g/mol. The molecule has 1 aliphatic rings. The van der Waals surface area contributed by atoms with Gasteiger partial charge in [-0.3, -0.25) is 0 Å². The molecule has 0 radical (unpaired) electrons. The number of hydrogen-bond donors (Lipinski definition) is 1. The molecule has 3 rings (SSSR count). The van der Waals surface area contributed by atoms with Crippen molar-refractivity contribution < 1.29 is 4.74 Å². The van der Waals surface area contributed by atoms with Crippen molar-refractivity contribution in [3.63, 3.8) is 0 Å². The first-order valence-electron chi connectivity index (χ1n) is 6.77. The molecule has 1 atom stereocenters. The van der Waals surface area contributed by atoms with E-state index < -0.39 is 0 Å². The zero-order valence-electron chi connectivity index (χ0n) is 11.6. The summed E-state index contributed by atoms with van der Waals surface area (Å²) in [6, 6.07) is 14.9. The molecule has 2 nitrogen and oxygen atoms in total. The van der Waals surface area contributed by atoms with Gasteiger partial charge in [-0.05, 0) is 36.1 Å². The van der Waals surface area contributed by atoms with Crippen molar-refractivity contribution in [2.45, 2.75) is 32.9 Å². The third kappa shape index (κ3) is 2.30. The molecule has 1 heterocycles. The second-order valence-electron chi connectivity index (χ2n) is 5.46.